The van der Waals surface area contributed by atoms with Gasteiger partial charge in [-0.05, 0) is 28.1 Å². The minimum atomic E-state index is 0.416. The van der Waals surface area contributed by atoms with Crippen molar-refractivity contribution in [3.63, 3.8) is 0 Å². The van der Waals surface area contributed by atoms with E-state index < -0.39 is 0 Å². The second-order valence-electron chi connectivity index (χ2n) is 3.15. The van der Waals surface area contributed by atoms with Gasteiger partial charge in [0.2, 0.25) is 0 Å². The highest BCUT2D eigenvalue weighted by Gasteiger charge is 2.10. The van der Waals surface area contributed by atoms with Crippen molar-refractivity contribution in [1.82, 2.24) is 19.9 Å². The molecule has 0 bridgehead atoms. The number of thiophene rings is 1. The van der Waals surface area contributed by atoms with Crippen LogP contribution in [0.4, 0.5) is 5.82 Å². The highest BCUT2D eigenvalue weighted by atomic mass is 79.9. The molecular weight excluding hydrogens is 290 g/mol. The molecule has 3 rings (SSSR count). The summed E-state index contributed by atoms with van der Waals surface area (Å²) in [5.41, 5.74) is 7.00. The molecule has 0 aliphatic carbocycles. The lowest BCUT2D eigenvalue weighted by molar-refractivity contribution is 1.21. The fourth-order valence-corrected chi connectivity index (χ4v) is 2.74. The van der Waals surface area contributed by atoms with Gasteiger partial charge in [-0.3, -0.25) is 0 Å². The number of aromatic nitrogens is 4. The second kappa shape index (κ2) is 3.53. The van der Waals surface area contributed by atoms with Crippen LogP contribution in [0.5, 0.6) is 0 Å². The molecule has 80 valence electrons. The molecule has 0 radical (unpaired) electrons. The minimum Gasteiger partial charge on any atom is -0.382 e. The van der Waals surface area contributed by atoms with Crippen molar-refractivity contribution in [1.29, 1.82) is 0 Å². The Morgan fingerprint density at radius 1 is 1.31 bits per heavy atom. The van der Waals surface area contributed by atoms with Crippen LogP contribution in [0.25, 0.3) is 21.9 Å². The number of rotatable bonds is 1. The molecule has 3 N–H and O–H groups in total. The van der Waals surface area contributed by atoms with E-state index in [9.17, 15) is 0 Å². The van der Waals surface area contributed by atoms with Crippen LogP contribution in [0.2, 0.25) is 0 Å². The van der Waals surface area contributed by atoms with E-state index in [1.54, 1.807) is 11.3 Å². The summed E-state index contributed by atoms with van der Waals surface area (Å²) >= 11 is 5.01. The number of nitrogens with two attached hydrogens (primary N) is 1. The molecule has 0 aliphatic heterocycles. The number of nitrogen functional groups attached to an aromatic ring is 1. The molecule has 3 aromatic rings. The normalized spacial score (nSPS) is 11.1. The van der Waals surface area contributed by atoms with E-state index in [1.807, 2.05) is 12.1 Å². The summed E-state index contributed by atoms with van der Waals surface area (Å²) in [6.45, 7) is 0. The van der Waals surface area contributed by atoms with Crippen molar-refractivity contribution in [2.75, 3.05) is 5.73 Å². The quantitative estimate of drug-likeness (QED) is 0.722. The van der Waals surface area contributed by atoms with E-state index in [1.165, 1.54) is 6.33 Å². The van der Waals surface area contributed by atoms with E-state index in [0.717, 1.165) is 14.5 Å². The third kappa shape index (κ3) is 1.48. The zero-order valence-electron chi connectivity index (χ0n) is 7.94. The van der Waals surface area contributed by atoms with Crippen molar-refractivity contribution in [2.24, 2.45) is 0 Å². The number of hydrogen-bond donors (Lipinski definition) is 2. The molecule has 0 saturated carbocycles. The van der Waals surface area contributed by atoms with Crippen molar-refractivity contribution < 1.29 is 0 Å². The van der Waals surface area contributed by atoms with Gasteiger partial charge in [-0.2, -0.15) is 0 Å². The molecule has 0 amide bonds. The molecule has 5 nitrogen and oxygen atoms in total. The fraction of sp³-hybridized carbons (Fsp3) is 0. The SMILES string of the molecule is Nc1ncnc2nc(-c3ccc(Br)s3)[nH]c12. The molecule has 0 fully saturated rings. The summed E-state index contributed by atoms with van der Waals surface area (Å²) in [6, 6.07) is 3.96. The number of anilines is 1. The molecular formula is C9H6BrN5S. The predicted molar refractivity (Wildman–Crippen MR) is 67.1 cm³/mol. The number of H-pyrrole nitrogens is 1. The number of aromatic amines is 1. The van der Waals surface area contributed by atoms with Gasteiger partial charge in [0.1, 0.15) is 11.8 Å². The second-order valence-corrected chi connectivity index (χ2v) is 5.61. The maximum atomic E-state index is 5.72. The Kier molecular flexibility index (Phi) is 2.15. The molecule has 0 unspecified atom stereocenters. The lowest BCUT2D eigenvalue weighted by Gasteiger charge is -1.90. The summed E-state index contributed by atoms with van der Waals surface area (Å²) in [5.74, 6) is 1.18. The van der Waals surface area contributed by atoms with Gasteiger partial charge in [-0.25, -0.2) is 15.0 Å². The average Bonchev–Trinajstić information content (AvgIpc) is 2.84. The topological polar surface area (TPSA) is 80.5 Å². The standard InChI is InChI=1S/C9H6BrN5S/c10-5-2-1-4(16-5)8-14-6-7(11)12-3-13-9(6)15-8/h1-3H,(H3,11,12,13,14,15). The molecule has 0 aromatic carbocycles. The monoisotopic (exact) mass is 295 g/mol. The molecule has 7 heteroatoms. The van der Waals surface area contributed by atoms with E-state index in [2.05, 4.69) is 35.9 Å². The third-order valence-electron chi connectivity index (χ3n) is 2.12. The van der Waals surface area contributed by atoms with E-state index in [-0.39, 0.29) is 0 Å². The predicted octanol–water partition coefficient (Wildman–Crippen LogP) is 2.43. The average molecular weight is 296 g/mol. The number of halogens is 1. The number of nitrogens with one attached hydrogen (secondary N) is 1. The largest absolute Gasteiger partial charge is 0.382 e. The van der Waals surface area contributed by atoms with Crippen LogP contribution in [-0.2, 0) is 0 Å². The van der Waals surface area contributed by atoms with Crippen LogP contribution >= 0.6 is 27.3 Å². The first kappa shape index (κ1) is 9.73. The number of imidazole rings is 1. The number of fused-ring (bicyclic) bond motifs is 1. The molecule has 3 heterocycles. The Morgan fingerprint density at radius 2 is 2.19 bits per heavy atom. The Morgan fingerprint density at radius 3 is 2.88 bits per heavy atom. The highest BCUT2D eigenvalue weighted by molar-refractivity contribution is 9.11. The Balaban J connectivity index is 2.22. The van der Waals surface area contributed by atoms with Crippen LogP contribution in [0.3, 0.4) is 0 Å². The summed E-state index contributed by atoms with van der Waals surface area (Å²) in [6.07, 6.45) is 1.41. The summed E-state index contributed by atoms with van der Waals surface area (Å²) in [4.78, 5) is 16.5. The van der Waals surface area contributed by atoms with Crippen LogP contribution < -0.4 is 5.73 Å². The maximum absolute atomic E-state index is 5.72. The number of hydrogen-bond acceptors (Lipinski definition) is 5. The third-order valence-corrected chi connectivity index (χ3v) is 3.75. The number of nitrogens with zero attached hydrogens (tertiary/aromatic N) is 3. The Labute approximate surface area is 103 Å². The van der Waals surface area contributed by atoms with E-state index >= 15 is 0 Å². The molecule has 0 spiro atoms. The first-order valence-corrected chi connectivity index (χ1v) is 6.07. The zero-order valence-corrected chi connectivity index (χ0v) is 10.3. The summed E-state index contributed by atoms with van der Waals surface area (Å²) < 4.78 is 1.06. The van der Waals surface area contributed by atoms with Gasteiger partial charge in [0, 0.05) is 0 Å². The van der Waals surface area contributed by atoms with Gasteiger partial charge in [0.05, 0.1) is 8.66 Å². The van der Waals surface area contributed by atoms with Crippen LogP contribution in [0.1, 0.15) is 0 Å². The Hall–Kier alpha value is -1.47. The highest BCUT2D eigenvalue weighted by Crippen LogP contribution is 2.30. The molecule has 16 heavy (non-hydrogen) atoms. The maximum Gasteiger partial charge on any atom is 0.183 e. The van der Waals surface area contributed by atoms with Gasteiger partial charge >= 0.3 is 0 Å². The van der Waals surface area contributed by atoms with Gasteiger partial charge in [0.15, 0.2) is 17.3 Å². The lowest BCUT2D eigenvalue weighted by Crippen LogP contribution is -1.91. The van der Waals surface area contributed by atoms with Crippen molar-refractivity contribution >= 4 is 44.2 Å². The van der Waals surface area contributed by atoms with Crippen LogP contribution in [-0.4, -0.2) is 19.9 Å². The van der Waals surface area contributed by atoms with Gasteiger partial charge in [-0.15, -0.1) is 11.3 Å². The molecule has 0 aliphatic rings. The molecule has 0 atom stereocenters. The first-order chi connectivity index (χ1) is 7.74. The first-order valence-electron chi connectivity index (χ1n) is 4.46. The minimum absolute atomic E-state index is 0.416. The molecule has 0 saturated heterocycles. The molecule has 3 aromatic heterocycles. The van der Waals surface area contributed by atoms with Crippen LogP contribution in [0.15, 0.2) is 22.2 Å². The Bertz CT molecular complexity index is 659. The van der Waals surface area contributed by atoms with E-state index in [0.29, 0.717) is 17.0 Å². The smallest absolute Gasteiger partial charge is 0.183 e. The van der Waals surface area contributed by atoms with E-state index in [4.69, 9.17) is 5.73 Å². The lowest BCUT2D eigenvalue weighted by atomic mass is 10.4. The summed E-state index contributed by atoms with van der Waals surface area (Å²) in [5, 5.41) is 0. The van der Waals surface area contributed by atoms with Crippen molar-refractivity contribution in [3.8, 4) is 10.7 Å². The van der Waals surface area contributed by atoms with Gasteiger partial charge < -0.3 is 10.7 Å². The van der Waals surface area contributed by atoms with Crippen LogP contribution in [0, 0.1) is 0 Å². The zero-order chi connectivity index (χ0) is 11.1. The summed E-state index contributed by atoms with van der Waals surface area (Å²) in [7, 11) is 0. The van der Waals surface area contributed by atoms with Gasteiger partial charge in [0.25, 0.3) is 0 Å². The van der Waals surface area contributed by atoms with Crippen molar-refractivity contribution in [2.45, 2.75) is 0 Å². The van der Waals surface area contributed by atoms with Crippen molar-refractivity contribution in [3.05, 3.63) is 22.2 Å². The fourth-order valence-electron chi connectivity index (χ4n) is 1.40. The van der Waals surface area contributed by atoms with Gasteiger partial charge in [-0.1, -0.05) is 0 Å².